The largest absolute Gasteiger partial charge is 0.494 e. The van der Waals surface area contributed by atoms with Crippen LogP contribution in [0, 0.1) is 6.92 Å². The number of hydrogen-bond donors (Lipinski definition) is 1. The number of rotatable bonds is 9. The lowest BCUT2D eigenvalue weighted by Crippen LogP contribution is -2.18. The molecule has 0 aliphatic heterocycles. The van der Waals surface area contributed by atoms with Crippen LogP contribution in [0.15, 0.2) is 82.8 Å². The SMILES string of the molecule is CCCOc1ccc(C(=O)Oc2ccc(/C=N\NS(=O)(=O)c3ccc(C)cc3)cc2)cc1. The van der Waals surface area contributed by atoms with Gasteiger partial charge in [-0.2, -0.15) is 13.5 Å². The van der Waals surface area contributed by atoms with Gasteiger partial charge in [0.2, 0.25) is 0 Å². The summed E-state index contributed by atoms with van der Waals surface area (Å²) < 4.78 is 35.3. The van der Waals surface area contributed by atoms with Crippen LogP contribution in [-0.4, -0.2) is 27.2 Å². The zero-order valence-electron chi connectivity index (χ0n) is 17.8. The first-order chi connectivity index (χ1) is 15.4. The lowest BCUT2D eigenvalue weighted by atomic mass is 10.2. The number of aryl methyl sites for hydroxylation is 1. The molecule has 0 saturated carbocycles. The summed E-state index contributed by atoms with van der Waals surface area (Å²) in [4.78, 5) is 14.6. The van der Waals surface area contributed by atoms with Crippen molar-refractivity contribution in [1.82, 2.24) is 4.83 Å². The number of esters is 1. The Morgan fingerprint density at radius 1 is 0.938 bits per heavy atom. The number of nitrogens with zero attached hydrogens (tertiary/aromatic N) is 1. The summed E-state index contributed by atoms with van der Waals surface area (Å²) in [5.74, 6) is 0.572. The number of sulfonamides is 1. The summed E-state index contributed by atoms with van der Waals surface area (Å²) in [6.45, 7) is 4.52. The van der Waals surface area contributed by atoms with Gasteiger partial charge in [0, 0.05) is 0 Å². The Bertz CT molecular complexity index is 1170. The van der Waals surface area contributed by atoms with Crippen LogP contribution in [-0.2, 0) is 10.0 Å². The molecule has 8 heteroatoms. The lowest BCUT2D eigenvalue weighted by Gasteiger charge is -2.07. The van der Waals surface area contributed by atoms with E-state index in [9.17, 15) is 13.2 Å². The summed E-state index contributed by atoms with van der Waals surface area (Å²) in [5.41, 5.74) is 2.00. The summed E-state index contributed by atoms with van der Waals surface area (Å²) in [6.07, 6.45) is 2.27. The molecule has 166 valence electrons. The van der Waals surface area contributed by atoms with E-state index in [4.69, 9.17) is 9.47 Å². The smallest absolute Gasteiger partial charge is 0.343 e. The Balaban J connectivity index is 1.56. The minimum Gasteiger partial charge on any atom is -0.494 e. The Labute approximate surface area is 187 Å². The Morgan fingerprint density at radius 2 is 1.56 bits per heavy atom. The molecule has 1 N–H and O–H groups in total. The van der Waals surface area contributed by atoms with Crippen molar-refractivity contribution in [3.63, 3.8) is 0 Å². The molecule has 3 rings (SSSR count). The molecule has 0 aliphatic rings. The molecule has 7 nitrogen and oxygen atoms in total. The maximum atomic E-state index is 12.3. The molecule has 3 aromatic rings. The van der Waals surface area contributed by atoms with Gasteiger partial charge in [-0.25, -0.2) is 9.63 Å². The fraction of sp³-hybridized carbons (Fsp3) is 0.167. The second-order valence-electron chi connectivity index (χ2n) is 7.00. The highest BCUT2D eigenvalue weighted by molar-refractivity contribution is 7.89. The Morgan fingerprint density at radius 3 is 2.19 bits per heavy atom. The molecule has 0 saturated heterocycles. The molecule has 0 aromatic heterocycles. The quantitative estimate of drug-likeness (QED) is 0.226. The molecule has 0 fully saturated rings. The van der Waals surface area contributed by atoms with Crippen LogP contribution >= 0.6 is 0 Å². The van der Waals surface area contributed by atoms with Crippen LogP contribution in [0.2, 0.25) is 0 Å². The molecule has 0 aliphatic carbocycles. The number of carbonyl (C=O) groups excluding carboxylic acids is 1. The van der Waals surface area contributed by atoms with Crippen LogP contribution in [0.25, 0.3) is 0 Å². The monoisotopic (exact) mass is 452 g/mol. The van der Waals surface area contributed by atoms with Crippen LogP contribution < -0.4 is 14.3 Å². The number of hydrazone groups is 1. The van der Waals surface area contributed by atoms with E-state index < -0.39 is 16.0 Å². The fourth-order valence-electron chi connectivity index (χ4n) is 2.64. The fourth-order valence-corrected chi connectivity index (χ4v) is 3.43. The third-order valence-electron chi connectivity index (χ3n) is 4.37. The van der Waals surface area contributed by atoms with Crippen molar-refractivity contribution in [1.29, 1.82) is 0 Å². The summed E-state index contributed by atoms with van der Waals surface area (Å²) >= 11 is 0. The zero-order valence-corrected chi connectivity index (χ0v) is 18.6. The van der Waals surface area contributed by atoms with Gasteiger partial charge in [-0.05, 0) is 79.6 Å². The van der Waals surface area contributed by atoms with E-state index in [0.29, 0.717) is 29.2 Å². The average molecular weight is 453 g/mol. The number of carbonyl (C=O) groups is 1. The van der Waals surface area contributed by atoms with Gasteiger partial charge in [0.25, 0.3) is 10.0 Å². The van der Waals surface area contributed by atoms with E-state index >= 15 is 0 Å². The maximum absolute atomic E-state index is 12.3. The van der Waals surface area contributed by atoms with Gasteiger partial charge in [-0.1, -0.05) is 24.6 Å². The van der Waals surface area contributed by atoms with Crippen molar-refractivity contribution >= 4 is 22.2 Å². The number of ether oxygens (including phenoxy) is 2. The molecule has 0 unspecified atom stereocenters. The predicted molar refractivity (Wildman–Crippen MR) is 123 cm³/mol. The standard InChI is InChI=1S/C24H24N2O5S/c1-3-16-30-21-12-8-20(9-13-21)24(27)31-22-10-6-19(7-11-22)17-25-26-32(28,29)23-14-4-18(2)5-15-23/h4-15,17,26H,3,16H2,1-2H3/b25-17-. The second-order valence-corrected chi connectivity index (χ2v) is 8.66. The van der Waals surface area contributed by atoms with Gasteiger partial charge >= 0.3 is 5.97 Å². The third kappa shape index (κ3) is 6.42. The highest BCUT2D eigenvalue weighted by atomic mass is 32.2. The van der Waals surface area contributed by atoms with Crippen molar-refractivity contribution in [2.75, 3.05) is 6.61 Å². The minimum absolute atomic E-state index is 0.132. The van der Waals surface area contributed by atoms with Crippen molar-refractivity contribution in [3.8, 4) is 11.5 Å². The van der Waals surface area contributed by atoms with Crippen LogP contribution in [0.5, 0.6) is 11.5 Å². The number of hydrogen-bond acceptors (Lipinski definition) is 6. The first-order valence-corrected chi connectivity index (χ1v) is 11.5. The molecular formula is C24H24N2O5S. The molecule has 0 amide bonds. The van der Waals surface area contributed by atoms with E-state index in [1.165, 1.54) is 18.3 Å². The predicted octanol–water partition coefficient (Wildman–Crippen LogP) is 4.32. The summed E-state index contributed by atoms with van der Waals surface area (Å²) in [6, 6.07) is 19.7. The van der Waals surface area contributed by atoms with Gasteiger partial charge < -0.3 is 9.47 Å². The molecule has 0 atom stereocenters. The Kier molecular flexibility index (Phi) is 7.62. The van der Waals surface area contributed by atoms with E-state index in [1.54, 1.807) is 60.7 Å². The highest BCUT2D eigenvalue weighted by Gasteiger charge is 2.12. The van der Waals surface area contributed by atoms with Gasteiger partial charge in [0.1, 0.15) is 11.5 Å². The molecule has 0 spiro atoms. The van der Waals surface area contributed by atoms with E-state index in [2.05, 4.69) is 9.93 Å². The normalized spacial score (nSPS) is 11.3. The van der Waals surface area contributed by atoms with Crippen molar-refractivity contribution in [2.24, 2.45) is 5.10 Å². The highest BCUT2D eigenvalue weighted by Crippen LogP contribution is 2.17. The molecule has 0 radical (unpaired) electrons. The third-order valence-corrected chi connectivity index (χ3v) is 5.61. The minimum atomic E-state index is -3.74. The van der Waals surface area contributed by atoms with Gasteiger partial charge in [-0.15, -0.1) is 0 Å². The lowest BCUT2D eigenvalue weighted by molar-refractivity contribution is 0.0734. The van der Waals surface area contributed by atoms with Crippen molar-refractivity contribution in [2.45, 2.75) is 25.2 Å². The van der Waals surface area contributed by atoms with Gasteiger partial charge in [0.15, 0.2) is 0 Å². The van der Waals surface area contributed by atoms with Crippen molar-refractivity contribution < 1.29 is 22.7 Å². The topological polar surface area (TPSA) is 94.1 Å². The Hall–Kier alpha value is -3.65. The van der Waals surface area contributed by atoms with Crippen LogP contribution in [0.1, 0.15) is 34.8 Å². The van der Waals surface area contributed by atoms with Crippen LogP contribution in [0.4, 0.5) is 0 Å². The molecule has 32 heavy (non-hydrogen) atoms. The number of benzene rings is 3. The van der Waals surface area contributed by atoms with Gasteiger partial charge in [0.05, 0.1) is 23.3 Å². The molecule has 0 bridgehead atoms. The zero-order chi connectivity index (χ0) is 23.0. The summed E-state index contributed by atoms with van der Waals surface area (Å²) in [5, 5.41) is 3.80. The first-order valence-electron chi connectivity index (χ1n) is 10.0. The summed E-state index contributed by atoms with van der Waals surface area (Å²) in [7, 11) is -3.74. The number of nitrogens with one attached hydrogen (secondary N) is 1. The molecule has 0 heterocycles. The average Bonchev–Trinajstić information content (AvgIpc) is 2.79. The molecule has 3 aromatic carbocycles. The van der Waals surface area contributed by atoms with E-state index in [-0.39, 0.29) is 4.90 Å². The van der Waals surface area contributed by atoms with E-state index in [1.807, 2.05) is 13.8 Å². The van der Waals surface area contributed by atoms with E-state index in [0.717, 1.165) is 12.0 Å². The maximum Gasteiger partial charge on any atom is 0.343 e. The van der Waals surface area contributed by atoms with Crippen molar-refractivity contribution in [3.05, 3.63) is 89.5 Å². The first kappa shape index (κ1) is 23.0. The van der Waals surface area contributed by atoms with Gasteiger partial charge in [-0.3, -0.25) is 0 Å². The second kappa shape index (κ2) is 10.6. The van der Waals surface area contributed by atoms with Crippen LogP contribution in [0.3, 0.4) is 0 Å². The molecular weight excluding hydrogens is 428 g/mol.